The van der Waals surface area contributed by atoms with E-state index < -0.39 is 10.0 Å². The topological polar surface area (TPSA) is 66.6 Å². The molecule has 1 aliphatic heterocycles. The van der Waals surface area contributed by atoms with Gasteiger partial charge in [-0.2, -0.15) is 4.31 Å². The van der Waals surface area contributed by atoms with Crippen molar-refractivity contribution < 1.29 is 8.42 Å². The Kier molecular flexibility index (Phi) is 6.47. The summed E-state index contributed by atoms with van der Waals surface area (Å²) in [6.07, 6.45) is 7.25. The minimum atomic E-state index is -3.08. The maximum absolute atomic E-state index is 12.7. The van der Waals surface area contributed by atoms with Crippen molar-refractivity contribution in [2.24, 2.45) is 5.73 Å². The summed E-state index contributed by atoms with van der Waals surface area (Å²) in [6.45, 7) is 5.77. The smallest absolute Gasteiger partial charge is 0.217 e. The Bertz CT molecular complexity index is 399. The summed E-state index contributed by atoms with van der Waals surface area (Å²) in [5.41, 5.74) is 5.85. The summed E-state index contributed by atoms with van der Waals surface area (Å²) in [5.74, 6) is 0. The van der Waals surface area contributed by atoms with Gasteiger partial charge in [0, 0.05) is 38.8 Å². The maximum Gasteiger partial charge on any atom is 0.217 e. The monoisotopic (exact) mass is 317 g/mol. The Morgan fingerprint density at radius 2 is 1.71 bits per heavy atom. The second-order valence-electron chi connectivity index (χ2n) is 6.42. The fourth-order valence-corrected chi connectivity index (χ4v) is 5.70. The van der Waals surface area contributed by atoms with Crippen molar-refractivity contribution in [3.8, 4) is 0 Å². The summed E-state index contributed by atoms with van der Waals surface area (Å²) in [4.78, 5) is 2.37. The number of hydrogen-bond acceptors (Lipinski definition) is 4. The molecule has 0 aromatic carbocycles. The van der Waals surface area contributed by atoms with Gasteiger partial charge in [0.2, 0.25) is 10.0 Å². The third-order valence-corrected chi connectivity index (χ3v) is 7.42. The predicted octanol–water partition coefficient (Wildman–Crippen LogP) is 1.39. The fraction of sp³-hybridized carbons (Fsp3) is 1.00. The number of nitrogens with zero attached hydrogens (tertiary/aromatic N) is 2. The Morgan fingerprint density at radius 3 is 2.24 bits per heavy atom. The first-order valence-electron chi connectivity index (χ1n) is 8.52. The molecule has 1 saturated carbocycles. The van der Waals surface area contributed by atoms with Gasteiger partial charge in [-0.3, -0.25) is 4.90 Å². The van der Waals surface area contributed by atoms with E-state index in [1.165, 1.54) is 6.42 Å². The molecule has 2 aliphatic rings. The Hall–Kier alpha value is -0.170. The molecule has 0 spiro atoms. The number of rotatable bonds is 6. The van der Waals surface area contributed by atoms with Gasteiger partial charge in [0.05, 0.1) is 5.25 Å². The highest BCUT2D eigenvalue weighted by Crippen LogP contribution is 2.27. The lowest BCUT2D eigenvalue weighted by atomic mass is 10.0. The fourth-order valence-electron chi connectivity index (χ4n) is 3.68. The second-order valence-corrected chi connectivity index (χ2v) is 8.63. The first-order valence-corrected chi connectivity index (χ1v) is 10.0. The molecule has 1 aliphatic carbocycles. The number of nitrogens with two attached hydrogens (primary N) is 1. The van der Waals surface area contributed by atoms with Crippen LogP contribution in [0.3, 0.4) is 0 Å². The molecule has 6 heteroatoms. The zero-order valence-corrected chi connectivity index (χ0v) is 14.2. The third-order valence-electron chi connectivity index (χ3n) is 5.02. The van der Waals surface area contributed by atoms with E-state index in [-0.39, 0.29) is 5.25 Å². The van der Waals surface area contributed by atoms with Crippen molar-refractivity contribution in [2.45, 2.75) is 63.2 Å². The Morgan fingerprint density at radius 1 is 1.10 bits per heavy atom. The van der Waals surface area contributed by atoms with Crippen molar-refractivity contribution >= 4 is 10.0 Å². The number of piperazine rings is 1. The van der Waals surface area contributed by atoms with Crippen molar-refractivity contribution in [3.05, 3.63) is 0 Å². The molecule has 1 unspecified atom stereocenters. The maximum atomic E-state index is 12.7. The van der Waals surface area contributed by atoms with Crippen molar-refractivity contribution in [1.29, 1.82) is 0 Å². The van der Waals surface area contributed by atoms with Crippen LogP contribution in [0.4, 0.5) is 0 Å². The molecule has 0 aromatic heterocycles. The SMILES string of the molecule is CCCC(CN)N1CCN(S(=O)(=O)C2CCCCC2)CC1. The first-order chi connectivity index (χ1) is 10.1. The molecular weight excluding hydrogens is 286 g/mol. The molecule has 1 atom stereocenters. The predicted molar refractivity (Wildman–Crippen MR) is 86.7 cm³/mol. The molecule has 1 saturated heterocycles. The molecule has 0 amide bonds. The van der Waals surface area contributed by atoms with Gasteiger partial charge >= 0.3 is 0 Å². The van der Waals surface area contributed by atoms with E-state index in [4.69, 9.17) is 5.73 Å². The molecule has 0 bridgehead atoms. The van der Waals surface area contributed by atoms with Gasteiger partial charge in [0.1, 0.15) is 0 Å². The van der Waals surface area contributed by atoms with E-state index in [1.807, 2.05) is 0 Å². The lowest BCUT2D eigenvalue weighted by Crippen LogP contribution is -2.55. The Balaban J connectivity index is 1.90. The molecule has 2 N–H and O–H groups in total. The normalized spacial score (nSPS) is 25.0. The van der Waals surface area contributed by atoms with Crippen molar-refractivity contribution in [2.75, 3.05) is 32.7 Å². The Labute approximate surface area is 129 Å². The highest BCUT2D eigenvalue weighted by atomic mass is 32.2. The van der Waals surface area contributed by atoms with Gasteiger partial charge in [-0.25, -0.2) is 8.42 Å². The van der Waals surface area contributed by atoms with Crippen LogP contribution in [-0.2, 0) is 10.0 Å². The van der Waals surface area contributed by atoms with Crippen LogP contribution in [-0.4, -0.2) is 61.6 Å². The summed E-state index contributed by atoms with van der Waals surface area (Å²) < 4.78 is 27.1. The van der Waals surface area contributed by atoms with Crippen LogP contribution in [0.25, 0.3) is 0 Å². The molecule has 2 fully saturated rings. The van der Waals surface area contributed by atoms with Crippen molar-refractivity contribution in [1.82, 2.24) is 9.21 Å². The van der Waals surface area contributed by atoms with Crippen LogP contribution in [0, 0.1) is 0 Å². The van der Waals surface area contributed by atoms with Crippen LogP contribution in [0.2, 0.25) is 0 Å². The molecular formula is C15H31N3O2S. The van der Waals surface area contributed by atoms with Crippen LogP contribution >= 0.6 is 0 Å². The quantitative estimate of drug-likeness (QED) is 0.804. The highest BCUT2D eigenvalue weighted by Gasteiger charge is 2.35. The molecule has 21 heavy (non-hydrogen) atoms. The minimum Gasteiger partial charge on any atom is -0.329 e. The van der Waals surface area contributed by atoms with Gasteiger partial charge in [-0.05, 0) is 19.3 Å². The van der Waals surface area contributed by atoms with Gasteiger partial charge in [0.25, 0.3) is 0 Å². The van der Waals surface area contributed by atoms with Crippen LogP contribution in [0.1, 0.15) is 51.9 Å². The van der Waals surface area contributed by atoms with Gasteiger partial charge < -0.3 is 5.73 Å². The molecule has 5 nitrogen and oxygen atoms in total. The molecule has 124 valence electrons. The first kappa shape index (κ1) is 17.2. The minimum absolute atomic E-state index is 0.126. The van der Waals surface area contributed by atoms with E-state index in [1.54, 1.807) is 4.31 Å². The number of hydrogen-bond donors (Lipinski definition) is 1. The lowest BCUT2D eigenvalue weighted by Gasteiger charge is -2.40. The van der Waals surface area contributed by atoms with Crippen LogP contribution in [0.5, 0.6) is 0 Å². The molecule has 0 radical (unpaired) electrons. The summed E-state index contributed by atoms with van der Waals surface area (Å²) in [6, 6.07) is 0.412. The number of sulfonamides is 1. The lowest BCUT2D eigenvalue weighted by molar-refractivity contribution is 0.133. The summed E-state index contributed by atoms with van der Waals surface area (Å²) in [7, 11) is -3.08. The third kappa shape index (κ3) is 4.18. The summed E-state index contributed by atoms with van der Waals surface area (Å²) >= 11 is 0. The second kappa shape index (κ2) is 7.90. The largest absolute Gasteiger partial charge is 0.329 e. The summed E-state index contributed by atoms with van der Waals surface area (Å²) in [5, 5.41) is -0.126. The average molecular weight is 317 g/mol. The zero-order valence-electron chi connectivity index (χ0n) is 13.3. The van der Waals surface area contributed by atoms with Crippen LogP contribution < -0.4 is 5.73 Å². The van der Waals surface area contributed by atoms with Gasteiger partial charge in [-0.15, -0.1) is 0 Å². The highest BCUT2D eigenvalue weighted by molar-refractivity contribution is 7.89. The van der Waals surface area contributed by atoms with Gasteiger partial charge in [0.15, 0.2) is 0 Å². The van der Waals surface area contributed by atoms with E-state index >= 15 is 0 Å². The molecule has 1 heterocycles. The average Bonchev–Trinajstić information content (AvgIpc) is 2.53. The van der Waals surface area contributed by atoms with Gasteiger partial charge in [-0.1, -0.05) is 32.6 Å². The van der Waals surface area contributed by atoms with E-state index in [2.05, 4.69) is 11.8 Å². The van der Waals surface area contributed by atoms with Crippen molar-refractivity contribution in [3.63, 3.8) is 0 Å². The molecule has 0 aromatic rings. The standard InChI is InChI=1S/C15H31N3O2S/c1-2-6-14(13-16)17-9-11-18(12-10-17)21(19,20)15-7-4-3-5-8-15/h14-15H,2-13,16H2,1H3. The van der Waals surface area contributed by atoms with E-state index in [0.717, 1.165) is 51.6 Å². The van der Waals surface area contributed by atoms with E-state index in [0.29, 0.717) is 25.7 Å². The molecule has 2 rings (SSSR count). The van der Waals surface area contributed by atoms with E-state index in [9.17, 15) is 8.42 Å². The van der Waals surface area contributed by atoms with Crippen LogP contribution in [0.15, 0.2) is 0 Å². The zero-order chi connectivity index (χ0) is 15.3.